The van der Waals surface area contributed by atoms with Gasteiger partial charge < -0.3 is 9.13 Å². The molecule has 3 heterocycles. The molecule has 0 atom stereocenters. The van der Waals surface area contributed by atoms with Crippen molar-refractivity contribution >= 4 is 32.7 Å². The second-order valence-corrected chi connectivity index (χ2v) is 13.0. The summed E-state index contributed by atoms with van der Waals surface area (Å²) in [5.41, 5.74) is 12.8. The van der Waals surface area contributed by atoms with E-state index in [1.807, 2.05) is 12.1 Å². The number of nitrogens with zero attached hydrogens (tertiary/aromatic N) is 4. The van der Waals surface area contributed by atoms with E-state index in [9.17, 15) is 0 Å². The monoisotopic (exact) mass is 664 g/mol. The molecule has 52 heavy (non-hydrogen) atoms. The van der Waals surface area contributed by atoms with Crippen LogP contribution in [0.15, 0.2) is 194 Å². The molecule has 0 fully saturated rings. The van der Waals surface area contributed by atoms with Crippen molar-refractivity contribution in [3.63, 3.8) is 0 Å². The number of rotatable bonds is 6. The van der Waals surface area contributed by atoms with Crippen LogP contribution >= 0.6 is 0 Å². The first-order chi connectivity index (χ1) is 25.8. The summed E-state index contributed by atoms with van der Waals surface area (Å²) in [4.78, 5) is 10.3. The third kappa shape index (κ3) is 4.92. The highest BCUT2D eigenvalue weighted by molar-refractivity contribution is 6.12. The number of para-hydroxylation sites is 3. The standard InChI is InChI=1S/C48H32N4/c1-4-17-33(18-5-1)41-32-42(34-19-6-2-7-20-34)50-48(49-41)36-23-16-24-37(31-36)51-45-30-15-12-27-40(45)47(46(51)35-21-8-3-9-22-35)52-43-28-13-10-25-38(43)39-26-11-14-29-44(39)52/h1-32H. The van der Waals surface area contributed by atoms with Crippen molar-refractivity contribution in [2.24, 2.45) is 0 Å². The van der Waals surface area contributed by atoms with Crippen LogP contribution in [0.2, 0.25) is 0 Å². The van der Waals surface area contributed by atoms with Crippen LogP contribution in [-0.2, 0) is 0 Å². The van der Waals surface area contributed by atoms with E-state index in [2.05, 4.69) is 191 Å². The molecule has 0 amide bonds. The van der Waals surface area contributed by atoms with E-state index in [-0.39, 0.29) is 0 Å². The zero-order valence-corrected chi connectivity index (χ0v) is 28.3. The van der Waals surface area contributed by atoms with E-state index >= 15 is 0 Å². The molecule has 10 aromatic rings. The summed E-state index contributed by atoms with van der Waals surface area (Å²) in [6.07, 6.45) is 0. The van der Waals surface area contributed by atoms with E-state index in [0.29, 0.717) is 5.82 Å². The third-order valence-corrected chi connectivity index (χ3v) is 9.93. The fourth-order valence-electron chi connectivity index (χ4n) is 7.62. The van der Waals surface area contributed by atoms with Crippen molar-refractivity contribution in [2.45, 2.75) is 0 Å². The molecular formula is C48H32N4. The van der Waals surface area contributed by atoms with E-state index in [1.165, 1.54) is 27.2 Å². The molecule has 3 aromatic heterocycles. The number of hydrogen-bond donors (Lipinski definition) is 0. The molecular weight excluding hydrogens is 633 g/mol. The van der Waals surface area contributed by atoms with E-state index in [4.69, 9.17) is 9.97 Å². The van der Waals surface area contributed by atoms with E-state index in [0.717, 1.165) is 56.2 Å². The molecule has 0 radical (unpaired) electrons. The van der Waals surface area contributed by atoms with Crippen LogP contribution in [0.1, 0.15) is 0 Å². The minimum Gasteiger partial charge on any atom is -0.307 e. The maximum Gasteiger partial charge on any atom is 0.160 e. The van der Waals surface area contributed by atoms with Gasteiger partial charge in [0.05, 0.1) is 39.3 Å². The second kappa shape index (κ2) is 12.4. The minimum absolute atomic E-state index is 0.683. The quantitative estimate of drug-likeness (QED) is 0.177. The Bertz CT molecular complexity index is 2780. The normalized spacial score (nSPS) is 11.5. The smallest absolute Gasteiger partial charge is 0.160 e. The Kier molecular flexibility index (Phi) is 7.10. The summed E-state index contributed by atoms with van der Waals surface area (Å²) in [7, 11) is 0. The lowest BCUT2D eigenvalue weighted by atomic mass is 10.1. The second-order valence-electron chi connectivity index (χ2n) is 13.0. The summed E-state index contributed by atoms with van der Waals surface area (Å²) < 4.78 is 4.86. The number of aromatic nitrogens is 4. The molecule has 7 aromatic carbocycles. The average molecular weight is 665 g/mol. The summed E-state index contributed by atoms with van der Waals surface area (Å²) in [6, 6.07) is 68.4. The van der Waals surface area contributed by atoms with Crippen LogP contribution in [-0.4, -0.2) is 19.1 Å². The van der Waals surface area contributed by atoms with Gasteiger partial charge in [-0.25, -0.2) is 9.97 Å². The van der Waals surface area contributed by atoms with Gasteiger partial charge in [0.2, 0.25) is 0 Å². The molecule has 0 unspecified atom stereocenters. The maximum atomic E-state index is 5.17. The fraction of sp³-hybridized carbons (Fsp3) is 0. The maximum absolute atomic E-state index is 5.17. The predicted octanol–water partition coefficient (Wildman–Crippen LogP) is 12.2. The van der Waals surface area contributed by atoms with Crippen LogP contribution in [0.4, 0.5) is 0 Å². The molecule has 0 spiro atoms. The van der Waals surface area contributed by atoms with Gasteiger partial charge in [-0.1, -0.05) is 158 Å². The zero-order chi connectivity index (χ0) is 34.4. The average Bonchev–Trinajstić information content (AvgIpc) is 3.74. The highest BCUT2D eigenvalue weighted by atomic mass is 15.1. The van der Waals surface area contributed by atoms with Gasteiger partial charge in [0.15, 0.2) is 5.82 Å². The molecule has 10 rings (SSSR count). The summed E-state index contributed by atoms with van der Waals surface area (Å²) in [5, 5.41) is 3.65. The zero-order valence-electron chi connectivity index (χ0n) is 28.3. The first-order valence-corrected chi connectivity index (χ1v) is 17.6. The lowest BCUT2D eigenvalue weighted by molar-refractivity contribution is 1.10. The third-order valence-electron chi connectivity index (χ3n) is 9.93. The largest absolute Gasteiger partial charge is 0.307 e. The Morgan fingerprint density at radius 1 is 0.327 bits per heavy atom. The Labute approximate surface area is 301 Å². The molecule has 4 nitrogen and oxygen atoms in total. The van der Waals surface area contributed by atoms with Gasteiger partial charge in [0.25, 0.3) is 0 Å². The topological polar surface area (TPSA) is 35.6 Å². The molecule has 0 saturated heterocycles. The van der Waals surface area contributed by atoms with E-state index in [1.54, 1.807) is 0 Å². The van der Waals surface area contributed by atoms with Crippen LogP contribution in [0, 0.1) is 0 Å². The molecule has 0 aliphatic carbocycles. The van der Waals surface area contributed by atoms with Crippen LogP contribution in [0.5, 0.6) is 0 Å². The Morgan fingerprint density at radius 2 is 0.769 bits per heavy atom. The van der Waals surface area contributed by atoms with Gasteiger partial charge in [-0.05, 0) is 36.4 Å². The van der Waals surface area contributed by atoms with Crippen LogP contribution in [0.25, 0.3) is 89.2 Å². The van der Waals surface area contributed by atoms with Gasteiger partial charge in [-0.3, -0.25) is 0 Å². The molecule has 0 bridgehead atoms. The Balaban J connectivity index is 1.25. The molecule has 0 N–H and O–H groups in total. The van der Waals surface area contributed by atoms with Gasteiger partial charge in [0.1, 0.15) is 0 Å². The van der Waals surface area contributed by atoms with Crippen LogP contribution in [0.3, 0.4) is 0 Å². The van der Waals surface area contributed by atoms with Crippen molar-refractivity contribution < 1.29 is 0 Å². The van der Waals surface area contributed by atoms with Gasteiger partial charge in [0, 0.05) is 44.1 Å². The molecule has 244 valence electrons. The lowest BCUT2D eigenvalue weighted by Gasteiger charge is -2.16. The molecule has 0 aliphatic rings. The number of fused-ring (bicyclic) bond motifs is 4. The van der Waals surface area contributed by atoms with Gasteiger partial charge >= 0.3 is 0 Å². The number of benzene rings is 7. The Hall–Kier alpha value is -7.04. The highest BCUT2D eigenvalue weighted by Gasteiger charge is 2.24. The Morgan fingerprint density at radius 3 is 1.33 bits per heavy atom. The van der Waals surface area contributed by atoms with Crippen molar-refractivity contribution in [3.05, 3.63) is 194 Å². The fourth-order valence-corrected chi connectivity index (χ4v) is 7.62. The van der Waals surface area contributed by atoms with Crippen molar-refractivity contribution in [3.8, 4) is 56.5 Å². The predicted molar refractivity (Wildman–Crippen MR) is 215 cm³/mol. The van der Waals surface area contributed by atoms with Crippen molar-refractivity contribution in [1.82, 2.24) is 19.1 Å². The van der Waals surface area contributed by atoms with E-state index < -0.39 is 0 Å². The molecule has 4 heteroatoms. The van der Waals surface area contributed by atoms with Gasteiger partial charge in [-0.2, -0.15) is 0 Å². The summed E-state index contributed by atoms with van der Waals surface area (Å²) in [6.45, 7) is 0. The first kappa shape index (κ1) is 29.8. The SMILES string of the molecule is c1ccc(-c2cc(-c3ccccc3)nc(-c3cccc(-n4c(-c5ccccc5)c(-n5c6ccccc6c6ccccc65)c5ccccc54)c3)n2)cc1. The molecule has 0 aliphatic heterocycles. The minimum atomic E-state index is 0.683. The lowest BCUT2D eigenvalue weighted by Crippen LogP contribution is -2.02. The molecule has 0 saturated carbocycles. The number of hydrogen-bond acceptors (Lipinski definition) is 2. The van der Waals surface area contributed by atoms with Crippen molar-refractivity contribution in [2.75, 3.05) is 0 Å². The van der Waals surface area contributed by atoms with Crippen LogP contribution < -0.4 is 0 Å². The van der Waals surface area contributed by atoms with Crippen molar-refractivity contribution in [1.29, 1.82) is 0 Å². The summed E-state index contributed by atoms with van der Waals surface area (Å²) >= 11 is 0. The van der Waals surface area contributed by atoms with Gasteiger partial charge in [-0.15, -0.1) is 0 Å². The first-order valence-electron chi connectivity index (χ1n) is 17.6. The summed E-state index contributed by atoms with van der Waals surface area (Å²) in [5.74, 6) is 0.683. The highest BCUT2D eigenvalue weighted by Crippen LogP contribution is 2.43.